The molecule has 1 aliphatic rings. The third kappa shape index (κ3) is 5.11. The molecule has 3 N–H and O–H groups in total. The SMILES string of the molecule is COc1ccc(C(=O)NCC(C)C(=O)O)c(NC(=O)OCC2c3ccccc3-c3ccccc32)c1. The van der Waals surface area contributed by atoms with E-state index in [0.717, 1.165) is 22.3 Å². The zero-order valence-corrected chi connectivity index (χ0v) is 19.4. The smallest absolute Gasteiger partial charge is 0.411 e. The van der Waals surface area contributed by atoms with Crippen LogP contribution in [0.4, 0.5) is 10.5 Å². The highest BCUT2D eigenvalue weighted by molar-refractivity contribution is 6.03. The molecule has 0 saturated heterocycles. The molecule has 2 amide bonds. The summed E-state index contributed by atoms with van der Waals surface area (Å²) in [6.07, 6.45) is -0.715. The molecular formula is C27H26N2O6. The lowest BCUT2D eigenvalue weighted by atomic mass is 9.98. The van der Waals surface area contributed by atoms with E-state index in [-0.39, 0.29) is 30.3 Å². The highest BCUT2D eigenvalue weighted by Gasteiger charge is 2.29. The van der Waals surface area contributed by atoms with Gasteiger partial charge in [-0.2, -0.15) is 0 Å². The van der Waals surface area contributed by atoms with E-state index in [4.69, 9.17) is 14.6 Å². The Kier molecular flexibility index (Phi) is 7.01. The van der Waals surface area contributed by atoms with E-state index in [9.17, 15) is 14.4 Å². The Morgan fingerprint density at radius 1 is 0.971 bits per heavy atom. The maximum atomic E-state index is 12.7. The van der Waals surface area contributed by atoms with Crippen molar-refractivity contribution in [2.24, 2.45) is 5.92 Å². The Morgan fingerprint density at radius 3 is 2.20 bits per heavy atom. The number of carboxylic acids is 1. The summed E-state index contributed by atoms with van der Waals surface area (Å²) in [6.45, 7) is 1.57. The second-order valence-electron chi connectivity index (χ2n) is 8.31. The molecule has 0 aliphatic heterocycles. The molecule has 0 heterocycles. The summed E-state index contributed by atoms with van der Waals surface area (Å²) in [5.41, 5.74) is 4.80. The predicted octanol–water partition coefficient (Wildman–Crippen LogP) is 4.51. The summed E-state index contributed by atoms with van der Waals surface area (Å²) in [5.74, 6) is -1.95. The molecule has 35 heavy (non-hydrogen) atoms. The molecule has 8 nitrogen and oxygen atoms in total. The first kappa shape index (κ1) is 23.8. The topological polar surface area (TPSA) is 114 Å². The van der Waals surface area contributed by atoms with E-state index in [1.54, 1.807) is 6.07 Å². The Bertz CT molecular complexity index is 1230. The molecule has 3 aromatic carbocycles. The van der Waals surface area contributed by atoms with E-state index in [1.165, 1.54) is 26.2 Å². The highest BCUT2D eigenvalue weighted by Crippen LogP contribution is 2.44. The standard InChI is InChI=1S/C27H26N2O6/c1-16(26(31)32)14-28-25(30)22-12-11-17(34-2)13-24(22)29-27(33)35-15-23-20-9-5-3-7-18(20)19-8-4-6-10-21(19)23/h3-13,16,23H,14-15H2,1-2H3,(H,28,30)(H,29,33)(H,31,32). The second-order valence-corrected chi connectivity index (χ2v) is 8.31. The summed E-state index contributed by atoms with van der Waals surface area (Å²) >= 11 is 0. The van der Waals surface area contributed by atoms with Gasteiger partial charge in [-0.05, 0) is 34.4 Å². The van der Waals surface area contributed by atoms with Gasteiger partial charge < -0.3 is 19.9 Å². The molecular weight excluding hydrogens is 448 g/mol. The summed E-state index contributed by atoms with van der Waals surface area (Å²) in [5, 5.41) is 14.2. The molecule has 0 radical (unpaired) electrons. The number of carbonyl (C=O) groups excluding carboxylic acids is 2. The van der Waals surface area contributed by atoms with E-state index < -0.39 is 23.9 Å². The van der Waals surface area contributed by atoms with E-state index in [0.29, 0.717) is 5.75 Å². The number of hydrogen-bond acceptors (Lipinski definition) is 5. The number of hydrogen-bond donors (Lipinski definition) is 3. The minimum atomic E-state index is -1.02. The van der Waals surface area contributed by atoms with Gasteiger partial charge in [0.2, 0.25) is 0 Å². The number of aliphatic carboxylic acids is 1. The Labute approximate surface area is 202 Å². The van der Waals surface area contributed by atoms with Crippen LogP contribution < -0.4 is 15.4 Å². The molecule has 0 bridgehead atoms. The summed E-state index contributed by atoms with van der Waals surface area (Å²) in [6, 6.07) is 20.7. The molecule has 0 spiro atoms. The number of carbonyl (C=O) groups is 3. The second kappa shape index (κ2) is 10.3. The van der Waals surface area contributed by atoms with Crippen LogP contribution in [0.1, 0.15) is 34.3 Å². The van der Waals surface area contributed by atoms with Gasteiger partial charge in [-0.25, -0.2) is 4.79 Å². The molecule has 0 fully saturated rings. The number of methoxy groups -OCH3 is 1. The van der Waals surface area contributed by atoms with Gasteiger partial charge >= 0.3 is 12.1 Å². The average molecular weight is 475 g/mol. The predicted molar refractivity (Wildman–Crippen MR) is 131 cm³/mol. The van der Waals surface area contributed by atoms with E-state index in [1.807, 2.05) is 36.4 Å². The first-order valence-corrected chi connectivity index (χ1v) is 11.2. The Balaban J connectivity index is 1.47. The van der Waals surface area contributed by atoms with Gasteiger partial charge in [0.05, 0.1) is 24.3 Å². The van der Waals surface area contributed by atoms with Gasteiger partial charge in [-0.1, -0.05) is 55.5 Å². The van der Waals surface area contributed by atoms with Crippen LogP contribution in [0.15, 0.2) is 66.7 Å². The Hall–Kier alpha value is -4.33. The van der Waals surface area contributed by atoms with Crippen molar-refractivity contribution in [3.05, 3.63) is 83.4 Å². The quantitative estimate of drug-likeness (QED) is 0.443. The van der Waals surface area contributed by atoms with Crippen LogP contribution in [0, 0.1) is 5.92 Å². The van der Waals surface area contributed by atoms with Crippen LogP contribution >= 0.6 is 0 Å². The maximum Gasteiger partial charge on any atom is 0.411 e. The van der Waals surface area contributed by atoms with Crippen molar-refractivity contribution in [3.8, 4) is 16.9 Å². The minimum absolute atomic E-state index is 0.0510. The van der Waals surface area contributed by atoms with Crippen LogP contribution in [0.25, 0.3) is 11.1 Å². The van der Waals surface area contributed by atoms with Crippen LogP contribution in [0.5, 0.6) is 5.75 Å². The molecule has 1 unspecified atom stereocenters. The lowest BCUT2D eigenvalue weighted by molar-refractivity contribution is -0.140. The Morgan fingerprint density at radius 2 is 1.60 bits per heavy atom. The molecule has 0 saturated carbocycles. The van der Waals surface area contributed by atoms with Crippen molar-refractivity contribution in [2.75, 3.05) is 25.6 Å². The first-order valence-electron chi connectivity index (χ1n) is 11.2. The normalized spacial score (nSPS) is 12.7. The van der Waals surface area contributed by atoms with Crippen molar-refractivity contribution in [1.29, 1.82) is 0 Å². The van der Waals surface area contributed by atoms with Crippen LogP contribution in [-0.2, 0) is 9.53 Å². The number of amides is 2. The number of fused-ring (bicyclic) bond motifs is 3. The number of carboxylic acid groups (broad SMARTS) is 1. The number of anilines is 1. The number of benzene rings is 3. The van der Waals surface area contributed by atoms with Crippen molar-refractivity contribution in [2.45, 2.75) is 12.8 Å². The van der Waals surface area contributed by atoms with Crippen molar-refractivity contribution in [3.63, 3.8) is 0 Å². The third-order valence-electron chi connectivity index (χ3n) is 6.04. The largest absolute Gasteiger partial charge is 0.497 e. The number of rotatable bonds is 8. The van der Waals surface area contributed by atoms with Crippen molar-refractivity contribution >= 4 is 23.7 Å². The van der Waals surface area contributed by atoms with Gasteiger partial charge in [0, 0.05) is 18.5 Å². The average Bonchev–Trinajstić information content (AvgIpc) is 3.19. The zero-order valence-electron chi connectivity index (χ0n) is 19.4. The lowest BCUT2D eigenvalue weighted by Gasteiger charge is -2.16. The molecule has 4 rings (SSSR count). The van der Waals surface area contributed by atoms with Crippen LogP contribution in [0.3, 0.4) is 0 Å². The lowest BCUT2D eigenvalue weighted by Crippen LogP contribution is -2.32. The fourth-order valence-corrected chi connectivity index (χ4v) is 4.12. The monoisotopic (exact) mass is 474 g/mol. The minimum Gasteiger partial charge on any atom is -0.497 e. The molecule has 0 aromatic heterocycles. The van der Waals surface area contributed by atoms with Crippen LogP contribution in [-0.4, -0.2) is 43.3 Å². The van der Waals surface area contributed by atoms with Gasteiger partial charge in [0.25, 0.3) is 5.91 Å². The number of ether oxygens (including phenoxy) is 2. The van der Waals surface area contributed by atoms with E-state index in [2.05, 4.69) is 22.8 Å². The summed E-state index contributed by atoms with van der Waals surface area (Å²) in [4.78, 5) is 36.5. The molecule has 8 heteroatoms. The van der Waals surface area contributed by atoms with Gasteiger partial charge in [0.1, 0.15) is 12.4 Å². The van der Waals surface area contributed by atoms with Gasteiger partial charge in [-0.3, -0.25) is 14.9 Å². The summed E-state index contributed by atoms with van der Waals surface area (Å²) in [7, 11) is 1.47. The van der Waals surface area contributed by atoms with Crippen LogP contribution in [0.2, 0.25) is 0 Å². The third-order valence-corrected chi connectivity index (χ3v) is 6.04. The van der Waals surface area contributed by atoms with Crippen molar-refractivity contribution in [1.82, 2.24) is 5.32 Å². The molecule has 1 aliphatic carbocycles. The highest BCUT2D eigenvalue weighted by atomic mass is 16.5. The van der Waals surface area contributed by atoms with E-state index >= 15 is 0 Å². The molecule has 3 aromatic rings. The molecule has 180 valence electrons. The fourth-order valence-electron chi connectivity index (χ4n) is 4.12. The first-order chi connectivity index (χ1) is 16.9. The van der Waals surface area contributed by atoms with Crippen molar-refractivity contribution < 1.29 is 29.0 Å². The maximum absolute atomic E-state index is 12.7. The molecule has 1 atom stereocenters. The van der Waals surface area contributed by atoms with Gasteiger partial charge in [0.15, 0.2) is 0 Å². The number of nitrogens with one attached hydrogen (secondary N) is 2. The zero-order chi connectivity index (χ0) is 24.9. The fraction of sp³-hybridized carbons (Fsp3) is 0.222. The van der Waals surface area contributed by atoms with Gasteiger partial charge in [-0.15, -0.1) is 0 Å². The summed E-state index contributed by atoms with van der Waals surface area (Å²) < 4.78 is 10.8.